The van der Waals surface area contributed by atoms with Crippen LogP contribution in [0.2, 0.25) is 0 Å². The van der Waals surface area contributed by atoms with Crippen LogP contribution in [0.3, 0.4) is 0 Å². The minimum Gasteiger partial charge on any atom is -0.372 e. The monoisotopic (exact) mass is 396 g/mol. The van der Waals surface area contributed by atoms with E-state index >= 15 is 0 Å². The van der Waals surface area contributed by atoms with Crippen molar-refractivity contribution in [2.75, 3.05) is 50.5 Å². The van der Waals surface area contributed by atoms with Gasteiger partial charge in [0.2, 0.25) is 0 Å². The molecule has 0 fully saturated rings. The second-order valence-electron chi connectivity index (χ2n) is 7.17. The van der Waals surface area contributed by atoms with E-state index in [9.17, 15) is 9.59 Å². The molecule has 2 amide bonds. The van der Waals surface area contributed by atoms with Gasteiger partial charge in [-0.3, -0.25) is 9.59 Å². The van der Waals surface area contributed by atoms with Crippen molar-refractivity contribution in [2.24, 2.45) is 0 Å². The fourth-order valence-corrected chi connectivity index (χ4v) is 3.05. The van der Waals surface area contributed by atoms with Crippen LogP contribution in [-0.4, -0.2) is 57.0 Å². The molecular formula is C23H32N4O2. The van der Waals surface area contributed by atoms with Gasteiger partial charge >= 0.3 is 0 Å². The predicted octanol–water partition coefficient (Wildman–Crippen LogP) is 3.47. The molecule has 0 atom stereocenters. The summed E-state index contributed by atoms with van der Waals surface area (Å²) >= 11 is 0. The number of amides is 2. The number of hydrogen-bond acceptors (Lipinski definition) is 4. The zero-order valence-electron chi connectivity index (χ0n) is 17.9. The molecule has 0 aromatic heterocycles. The minimum absolute atomic E-state index is 0.165. The van der Waals surface area contributed by atoms with Gasteiger partial charge in [-0.25, -0.2) is 0 Å². The lowest BCUT2D eigenvalue weighted by atomic mass is 10.1. The van der Waals surface area contributed by atoms with Crippen LogP contribution in [0.15, 0.2) is 48.5 Å². The molecule has 0 aliphatic carbocycles. The van der Waals surface area contributed by atoms with Crippen molar-refractivity contribution in [3.63, 3.8) is 0 Å². The Labute approximate surface area is 173 Å². The second-order valence-corrected chi connectivity index (χ2v) is 7.17. The van der Waals surface area contributed by atoms with E-state index in [0.717, 1.165) is 37.4 Å². The Hall–Kier alpha value is -2.86. The number of hydrogen-bond donors (Lipinski definition) is 2. The third kappa shape index (κ3) is 6.91. The standard InChI is InChI=1S/C23H32N4O2/c1-5-27(6-2)21-13-11-20(12-14-21)25-23(29)19-10-7-9-18(17-19)22(28)24-15-8-16-26(3)4/h7,9-14,17H,5-6,8,15-16H2,1-4H3,(H,24,28)(H,25,29). The van der Waals surface area contributed by atoms with Gasteiger partial charge in [-0.05, 0) is 83.4 Å². The zero-order chi connectivity index (χ0) is 21.2. The van der Waals surface area contributed by atoms with Gasteiger partial charge in [0.05, 0.1) is 0 Å². The number of anilines is 2. The molecule has 6 nitrogen and oxygen atoms in total. The maximum absolute atomic E-state index is 12.6. The van der Waals surface area contributed by atoms with E-state index in [-0.39, 0.29) is 11.8 Å². The minimum atomic E-state index is -0.233. The molecule has 0 bridgehead atoms. The smallest absolute Gasteiger partial charge is 0.255 e. The molecule has 2 aromatic rings. The summed E-state index contributed by atoms with van der Waals surface area (Å²) in [6.45, 7) is 7.62. The van der Waals surface area contributed by atoms with Crippen LogP contribution >= 0.6 is 0 Å². The van der Waals surface area contributed by atoms with Crippen LogP contribution in [0.1, 0.15) is 41.0 Å². The van der Waals surface area contributed by atoms with E-state index in [0.29, 0.717) is 17.7 Å². The lowest BCUT2D eigenvalue weighted by molar-refractivity contribution is 0.0952. The first-order valence-corrected chi connectivity index (χ1v) is 10.1. The van der Waals surface area contributed by atoms with E-state index in [1.54, 1.807) is 24.3 Å². The van der Waals surface area contributed by atoms with E-state index in [1.165, 1.54) is 0 Å². The average Bonchev–Trinajstić information content (AvgIpc) is 2.73. The van der Waals surface area contributed by atoms with Crippen molar-refractivity contribution in [1.29, 1.82) is 0 Å². The van der Waals surface area contributed by atoms with Gasteiger partial charge in [0.25, 0.3) is 11.8 Å². The van der Waals surface area contributed by atoms with Crippen molar-refractivity contribution in [2.45, 2.75) is 20.3 Å². The molecular weight excluding hydrogens is 364 g/mol. The Kier molecular flexibility index (Phi) is 8.68. The predicted molar refractivity (Wildman–Crippen MR) is 120 cm³/mol. The van der Waals surface area contributed by atoms with Gasteiger partial charge < -0.3 is 20.4 Å². The summed E-state index contributed by atoms with van der Waals surface area (Å²) in [5, 5.41) is 5.79. The van der Waals surface area contributed by atoms with Crippen LogP contribution in [-0.2, 0) is 0 Å². The third-order valence-corrected chi connectivity index (χ3v) is 4.71. The molecule has 29 heavy (non-hydrogen) atoms. The van der Waals surface area contributed by atoms with E-state index < -0.39 is 0 Å². The summed E-state index contributed by atoms with van der Waals surface area (Å²) in [5.74, 6) is -0.398. The van der Waals surface area contributed by atoms with Crippen LogP contribution < -0.4 is 15.5 Å². The molecule has 0 unspecified atom stereocenters. The number of rotatable bonds is 10. The van der Waals surface area contributed by atoms with E-state index in [1.807, 2.05) is 38.4 Å². The average molecular weight is 397 g/mol. The molecule has 6 heteroatoms. The molecule has 2 rings (SSSR count). The fraction of sp³-hybridized carbons (Fsp3) is 0.391. The van der Waals surface area contributed by atoms with Crippen molar-refractivity contribution < 1.29 is 9.59 Å². The molecule has 156 valence electrons. The number of benzene rings is 2. The third-order valence-electron chi connectivity index (χ3n) is 4.71. The molecule has 0 radical (unpaired) electrons. The highest BCUT2D eigenvalue weighted by atomic mass is 16.2. The quantitative estimate of drug-likeness (QED) is 0.604. The van der Waals surface area contributed by atoms with Crippen LogP contribution in [0.4, 0.5) is 11.4 Å². The van der Waals surface area contributed by atoms with Crippen molar-refractivity contribution in [1.82, 2.24) is 10.2 Å². The van der Waals surface area contributed by atoms with Gasteiger partial charge in [0.15, 0.2) is 0 Å². The van der Waals surface area contributed by atoms with Crippen LogP contribution in [0, 0.1) is 0 Å². The Morgan fingerprint density at radius 3 is 2.10 bits per heavy atom. The van der Waals surface area contributed by atoms with Gasteiger partial charge in [-0.15, -0.1) is 0 Å². The normalized spacial score (nSPS) is 10.7. The lowest BCUT2D eigenvalue weighted by Crippen LogP contribution is -2.27. The number of carbonyl (C=O) groups excluding carboxylic acids is 2. The molecule has 0 saturated heterocycles. The number of carbonyl (C=O) groups is 2. The largest absolute Gasteiger partial charge is 0.372 e. The maximum Gasteiger partial charge on any atom is 0.255 e. The molecule has 0 heterocycles. The second kappa shape index (κ2) is 11.2. The highest BCUT2D eigenvalue weighted by molar-refractivity contribution is 6.06. The molecule has 2 aromatic carbocycles. The molecule has 0 aliphatic heterocycles. The zero-order valence-corrected chi connectivity index (χ0v) is 17.9. The summed E-state index contributed by atoms with van der Waals surface area (Å²) in [5.41, 5.74) is 2.79. The fourth-order valence-electron chi connectivity index (χ4n) is 3.05. The Bertz CT molecular complexity index is 799. The highest BCUT2D eigenvalue weighted by Gasteiger charge is 2.11. The van der Waals surface area contributed by atoms with Gasteiger partial charge in [0.1, 0.15) is 0 Å². The molecule has 2 N–H and O–H groups in total. The first-order valence-electron chi connectivity index (χ1n) is 10.1. The Morgan fingerprint density at radius 1 is 0.897 bits per heavy atom. The lowest BCUT2D eigenvalue weighted by Gasteiger charge is -2.21. The van der Waals surface area contributed by atoms with Crippen molar-refractivity contribution >= 4 is 23.2 Å². The topological polar surface area (TPSA) is 64.7 Å². The summed E-state index contributed by atoms with van der Waals surface area (Å²) in [4.78, 5) is 29.2. The number of nitrogens with zero attached hydrogens (tertiary/aromatic N) is 2. The summed E-state index contributed by atoms with van der Waals surface area (Å²) < 4.78 is 0. The van der Waals surface area contributed by atoms with Crippen molar-refractivity contribution in [3.8, 4) is 0 Å². The summed E-state index contributed by atoms with van der Waals surface area (Å²) in [7, 11) is 4.00. The Balaban J connectivity index is 1.97. The van der Waals surface area contributed by atoms with Crippen molar-refractivity contribution in [3.05, 3.63) is 59.7 Å². The van der Waals surface area contributed by atoms with Crippen LogP contribution in [0.25, 0.3) is 0 Å². The Morgan fingerprint density at radius 2 is 1.52 bits per heavy atom. The first kappa shape index (κ1) is 22.4. The van der Waals surface area contributed by atoms with Gasteiger partial charge in [-0.2, -0.15) is 0 Å². The maximum atomic E-state index is 12.6. The summed E-state index contributed by atoms with van der Waals surface area (Å²) in [6.07, 6.45) is 0.877. The highest BCUT2D eigenvalue weighted by Crippen LogP contribution is 2.18. The molecule has 0 spiro atoms. The van der Waals surface area contributed by atoms with Crippen LogP contribution in [0.5, 0.6) is 0 Å². The van der Waals surface area contributed by atoms with Gasteiger partial charge in [-0.1, -0.05) is 6.07 Å². The summed E-state index contributed by atoms with van der Waals surface area (Å²) in [6, 6.07) is 14.6. The first-order chi connectivity index (χ1) is 13.9. The van der Waals surface area contributed by atoms with E-state index in [4.69, 9.17) is 0 Å². The molecule has 0 aliphatic rings. The van der Waals surface area contributed by atoms with Gasteiger partial charge in [0, 0.05) is 42.1 Å². The SMILES string of the molecule is CCN(CC)c1ccc(NC(=O)c2cccc(C(=O)NCCCN(C)C)c2)cc1. The number of nitrogens with one attached hydrogen (secondary N) is 2. The van der Waals surface area contributed by atoms with E-state index in [2.05, 4.69) is 34.3 Å². The molecule has 0 saturated carbocycles.